The molecule has 9 nitrogen and oxygen atoms in total. The number of hydrogen-bond acceptors (Lipinski definition) is 5. The van der Waals surface area contributed by atoms with E-state index in [0.717, 1.165) is 15.2 Å². The van der Waals surface area contributed by atoms with Crippen molar-refractivity contribution >= 4 is 73.0 Å². The van der Waals surface area contributed by atoms with Gasteiger partial charge in [0, 0.05) is 11.1 Å². The van der Waals surface area contributed by atoms with Crippen LogP contribution in [0.1, 0.15) is 6.42 Å². The van der Waals surface area contributed by atoms with Crippen LogP contribution in [-0.4, -0.2) is 36.5 Å². The molecule has 12 heteroatoms. The highest BCUT2D eigenvalue weighted by Crippen LogP contribution is 2.38. The van der Waals surface area contributed by atoms with Crippen LogP contribution < -0.4 is 14.9 Å². The zero-order valence-corrected chi connectivity index (χ0v) is 20.2. The number of rotatable bonds is 5. The van der Waals surface area contributed by atoms with E-state index in [1.807, 2.05) is 0 Å². The monoisotopic (exact) mass is 529 g/mol. The van der Waals surface area contributed by atoms with Crippen LogP contribution in [-0.2, 0) is 19.6 Å². The van der Waals surface area contributed by atoms with Gasteiger partial charge in [-0.2, -0.15) is 5.10 Å². The molecule has 0 spiro atoms. The predicted octanol–water partition coefficient (Wildman–Crippen LogP) is 4.41. The van der Waals surface area contributed by atoms with E-state index in [1.54, 1.807) is 48.7 Å². The molecule has 1 unspecified atom stereocenters. The van der Waals surface area contributed by atoms with Crippen LogP contribution in [0.15, 0.2) is 71.8 Å². The number of sulfonamides is 1. The molecule has 1 aliphatic heterocycles. The molecule has 1 aromatic heterocycles. The van der Waals surface area contributed by atoms with Gasteiger partial charge in [0.25, 0.3) is 10.0 Å². The number of nitrogens with zero attached hydrogens (tertiary/aromatic N) is 2. The van der Waals surface area contributed by atoms with Crippen LogP contribution >= 0.6 is 23.2 Å². The van der Waals surface area contributed by atoms with Gasteiger partial charge < -0.3 is 10.6 Å². The Bertz CT molecular complexity index is 1590. The summed E-state index contributed by atoms with van der Waals surface area (Å²) >= 11 is 12.0. The number of anilines is 3. The van der Waals surface area contributed by atoms with Crippen molar-refractivity contribution in [1.82, 2.24) is 10.2 Å². The van der Waals surface area contributed by atoms with Crippen molar-refractivity contribution in [3.8, 4) is 0 Å². The fourth-order valence-corrected chi connectivity index (χ4v) is 5.91. The second kappa shape index (κ2) is 8.88. The molecule has 3 aromatic carbocycles. The third-order valence-corrected chi connectivity index (χ3v) is 8.10. The first kappa shape index (κ1) is 23.2. The third kappa shape index (κ3) is 4.31. The highest BCUT2D eigenvalue weighted by atomic mass is 35.5. The number of aromatic amines is 1. The minimum Gasteiger partial charge on any atom is -0.326 e. The summed E-state index contributed by atoms with van der Waals surface area (Å²) in [5, 5.41) is 13.3. The quantitative estimate of drug-likeness (QED) is 0.353. The minimum atomic E-state index is -4.30. The van der Waals surface area contributed by atoms with Crippen LogP contribution in [0.25, 0.3) is 10.9 Å². The normalized spacial score (nSPS) is 15.5. The number of fused-ring (bicyclic) bond motifs is 2. The Morgan fingerprint density at radius 1 is 1.06 bits per heavy atom. The molecule has 0 saturated carbocycles. The second-order valence-corrected chi connectivity index (χ2v) is 10.5. The molecule has 0 radical (unpaired) electrons. The summed E-state index contributed by atoms with van der Waals surface area (Å²) in [6, 6.07) is 14.1. The van der Waals surface area contributed by atoms with Crippen molar-refractivity contribution in [3.63, 3.8) is 0 Å². The van der Waals surface area contributed by atoms with E-state index in [9.17, 15) is 18.0 Å². The molecule has 35 heavy (non-hydrogen) atoms. The molecule has 0 bridgehead atoms. The number of amides is 2. The van der Waals surface area contributed by atoms with Crippen LogP contribution in [0.3, 0.4) is 0 Å². The smallest absolute Gasteiger partial charge is 0.265 e. The van der Waals surface area contributed by atoms with Gasteiger partial charge in [0.05, 0.1) is 44.4 Å². The maximum Gasteiger partial charge on any atom is 0.265 e. The minimum absolute atomic E-state index is 0.0472. The zero-order valence-electron chi connectivity index (χ0n) is 17.8. The molecule has 2 heterocycles. The number of nitrogens with one attached hydrogen (secondary N) is 3. The van der Waals surface area contributed by atoms with Gasteiger partial charge in [-0.25, -0.2) is 8.42 Å². The van der Waals surface area contributed by atoms with E-state index >= 15 is 0 Å². The van der Waals surface area contributed by atoms with E-state index in [-0.39, 0.29) is 20.6 Å². The largest absolute Gasteiger partial charge is 0.326 e. The van der Waals surface area contributed by atoms with Crippen LogP contribution in [0.4, 0.5) is 17.1 Å². The lowest BCUT2D eigenvalue weighted by atomic mass is 10.1. The van der Waals surface area contributed by atoms with Crippen LogP contribution in [0.5, 0.6) is 0 Å². The molecule has 0 saturated heterocycles. The van der Waals surface area contributed by atoms with Crippen molar-refractivity contribution in [2.75, 3.05) is 14.9 Å². The van der Waals surface area contributed by atoms with Gasteiger partial charge >= 0.3 is 0 Å². The summed E-state index contributed by atoms with van der Waals surface area (Å²) < 4.78 is 28.4. The van der Waals surface area contributed by atoms with Crippen molar-refractivity contribution < 1.29 is 18.0 Å². The number of benzene rings is 3. The number of carbonyl (C=O) groups is 2. The SMILES string of the molecule is O=C(CC1C(=O)Nc2ccccc2N1S(=O)(=O)c1ccc(Cl)c(Cl)c1)Nc1ccc2cn[nH]c2c1. The Balaban J connectivity index is 1.50. The van der Waals surface area contributed by atoms with Crippen molar-refractivity contribution in [2.24, 2.45) is 0 Å². The molecule has 0 aliphatic carbocycles. The maximum atomic E-state index is 13.7. The molecule has 5 rings (SSSR count). The lowest BCUT2D eigenvalue weighted by Gasteiger charge is -2.36. The number of H-pyrrole nitrogens is 1. The summed E-state index contributed by atoms with van der Waals surface area (Å²) in [5.74, 6) is -1.18. The molecule has 4 aromatic rings. The van der Waals surface area contributed by atoms with E-state index in [1.165, 1.54) is 18.2 Å². The first-order valence-corrected chi connectivity index (χ1v) is 12.6. The number of carbonyl (C=O) groups excluding carboxylic acids is 2. The molecular formula is C23H17Cl2N5O4S. The molecule has 1 atom stereocenters. The highest BCUT2D eigenvalue weighted by molar-refractivity contribution is 7.93. The molecule has 178 valence electrons. The van der Waals surface area contributed by atoms with E-state index in [4.69, 9.17) is 23.2 Å². The van der Waals surface area contributed by atoms with Crippen LogP contribution in [0.2, 0.25) is 10.0 Å². The Hall–Kier alpha value is -3.60. The van der Waals surface area contributed by atoms with E-state index in [0.29, 0.717) is 11.4 Å². The Morgan fingerprint density at radius 3 is 2.66 bits per heavy atom. The molecule has 1 aliphatic rings. The standard InChI is InChI=1S/C23H17Cl2N5O4S/c24-16-8-7-15(10-17(16)25)35(33,34)30-20-4-2-1-3-18(20)28-23(32)21(30)11-22(31)27-14-6-5-13-12-26-29-19(13)9-14/h1-10,12,21H,11H2,(H,26,29)(H,27,31)(H,28,32). The van der Waals surface area contributed by atoms with E-state index in [2.05, 4.69) is 20.8 Å². The van der Waals surface area contributed by atoms with Gasteiger partial charge in [-0.15, -0.1) is 0 Å². The summed E-state index contributed by atoms with van der Waals surface area (Å²) in [5.41, 5.74) is 1.73. The Kier molecular flexibility index (Phi) is 5.87. The molecular weight excluding hydrogens is 513 g/mol. The lowest BCUT2D eigenvalue weighted by molar-refractivity contribution is -0.122. The van der Waals surface area contributed by atoms with Crippen LogP contribution in [0, 0.1) is 0 Å². The Morgan fingerprint density at radius 2 is 1.86 bits per heavy atom. The van der Waals surface area contributed by atoms with Gasteiger partial charge in [0.1, 0.15) is 6.04 Å². The van der Waals surface area contributed by atoms with Crippen molar-refractivity contribution in [1.29, 1.82) is 0 Å². The predicted molar refractivity (Wildman–Crippen MR) is 134 cm³/mol. The summed E-state index contributed by atoms with van der Waals surface area (Å²) in [7, 11) is -4.30. The molecule has 3 N–H and O–H groups in total. The van der Waals surface area contributed by atoms with Gasteiger partial charge in [-0.1, -0.05) is 35.3 Å². The van der Waals surface area contributed by atoms with Crippen molar-refractivity contribution in [3.05, 3.63) is 76.9 Å². The summed E-state index contributed by atoms with van der Waals surface area (Å²) in [4.78, 5) is 25.8. The summed E-state index contributed by atoms with van der Waals surface area (Å²) in [6.07, 6.45) is 1.22. The third-order valence-electron chi connectivity index (χ3n) is 5.54. The van der Waals surface area contributed by atoms with Gasteiger partial charge in [0.15, 0.2) is 0 Å². The fraction of sp³-hybridized carbons (Fsp3) is 0.0870. The number of hydrogen-bond donors (Lipinski definition) is 3. The topological polar surface area (TPSA) is 124 Å². The summed E-state index contributed by atoms with van der Waals surface area (Å²) in [6.45, 7) is 0. The number of para-hydroxylation sites is 2. The fourth-order valence-electron chi connectivity index (χ4n) is 3.89. The van der Waals surface area contributed by atoms with Gasteiger partial charge in [0.2, 0.25) is 11.8 Å². The van der Waals surface area contributed by atoms with E-state index < -0.39 is 34.3 Å². The van der Waals surface area contributed by atoms with Gasteiger partial charge in [-0.05, 0) is 48.5 Å². The lowest BCUT2D eigenvalue weighted by Crippen LogP contribution is -2.52. The Labute approximate surface area is 210 Å². The number of aromatic nitrogens is 2. The van der Waals surface area contributed by atoms with Crippen molar-refractivity contribution in [2.45, 2.75) is 17.4 Å². The van der Waals surface area contributed by atoms with Gasteiger partial charge in [-0.3, -0.25) is 19.0 Å². The zero-order chi connectivity index (χ0) is 24.7. The first-order valence-electron chi connectivity index (χ1n) is 10.4. The first-order chi connectivity index (χ1) is 16.7. The average Bonchev–Trinajstić information content (AvgIpc) is 3.29. The maximum absolute atomic E-state index is 13.7. The molecule has 2 amide bonds. The molecule has 0 fully saturated rings. The number of halogens is 2. The second-order valence-electron chi connectivity index (χ2n) is 7.82. The average molecular weight is 530 g/mol. The highest BCUT2D eigenvalue weighted by Gasteiger charge is 2.42.